The molecule has 1 atom stereocenters. The SMILES string of the molecule is COc1ccccc1C(CNC(=O)CSc1ccc(C)cc1)N(C)C. The zero-order valence-electron chi connectivity index (χ0n) is 15.3. The maximum atomic E-state index is 12.2. The van der Waals surface area contributed by atoms with Crippen molar-refractivity contribution in [2.45, 2.75) is 17.9 Å². The average molecular weight is 359 g/mol. The highest BCUT2D eigenvalue weighted by Crippen LogP contribution is 2.27. The van der Waals surface area contributed by atoms with Crippen molar-refractivity contribution in [1.29, 1.82) is 0 Å². The lowest BCUT2D eigenvalue weighted by molar-refractivity contribution is -0.118. The van der Waals surface area contributed by atoms with Crippen LogP contribution in [0.2, 0.25) is 0 Å². The van der Waals surface area contributed by atoms with E-state index in [1.165, 1.54) is 5.56 Å². The number of benzene rings is 2. The monoisotopic (exact) mass is 358 g/mol. The van der Waals surface area contributed by atoms with Crippen LogP contribution in [0.3, 0.4) is 0 Å². The molecule has 0 aliphatic heterocycles. The molecule has 0 aliphatic rings. The van der Waals surface area contributed by atoms with Gasteiger partial charge in [0.1, 0.15) is 5.75 Å². The molecule has 0 spiro atoms. The maximum absolute atomic E-state index is 12.2. The van der Waals surface area contributed by atoms with Crippen LogP contribution >= 0.6 is 11.8 Å². The fraction of sp³-hybridized carbons (Fsp3) is 0.350. The first-order chi connectivity index (χ1) is 12.0. The van der Waals surface area contributed by atoms with Gasteiger partial charge in [-0.15, -0.1) is 11.8 Å². The molecule has 1 unspecified atom stereocenters. The van der Waals surface area contributed by atoms with Crippen molar-refractivity contribution in [2.75, 3.05) is 33.5 Å². The molecular formula is C20H26N2O2S. The van der Waals surface area contributed by atoms with E-state index in [1.807, 2.05) is 50.5 Å². The van der Waals surface area contributed by atoms with Crippen LogP contribution < -0.4 is 10.1 Å². The number of hydrogen-bond acceptors (Lipinski definition) is 4. The number of hydrogen-bond donors (Lipinski definition) is 1. The minimum absolute atomic E-state index is 0.0346. The van der Waals surface area contributed by atoms with E-state index in [4.69, 9.17) is 4.74 Å². The van der Waals surface area contributed by atoms with Crippen molar-refractivity contribution in [1.82, 2.24) is 10.2 Å². The lowest BCUT2D eigenvalue weighted by Gasteiger charge is -2.26. The van der Waals surface area contributed by atoms with Crippen LogP contribution in [0.5, 0.6) is 5.75 Å². The minimum Gasteiger partial charge on any atom is -0.496 e. The predicted octanol–water partition coefficient (Wildman–Crippen LogP) is 3.51. The lowest BCUT2D eigenvalue weighted by Crippen LogP contribution is -2.35. The molecule has 0 aromatic heterocycles. The number of thioether (sulfide) groups is 1. The van der Waals surface area contributed by atoms with Gasteiger partial charge in [0.15, 0.2) is 0 Å². The summed E-state index contributed by atoms with van der Waals surface area (Å²) in [5.41, 5.74) is 2.29. The van der Waals surface area contributed by atoms with Gasteiger partial charge in [-0.1, -0.05) is 35.9 Å². The summed E-state index contributed by atoms with van der Waals surface area (Å²) in [4.78, 5) is 15.4. The Hall–Kier alpha value is -1.98. The van der Waals surface area contributed by atoms with E-state index in [0.717, 1.165) is 16.2 Å². The van der Waals surface area contributed by atoms with Gasteiger partial charge in [-0.2, -0.15) is 0 Å². The largest absolute Gasteiger partial charge is 0.496 e. The molecule has 5 heteroatoms. The van der Waals surface area contributed by atoms with Gasteiger partial charge in [0.05, 0.1) is 18.9 Å². The van der Waals surface area contributed by atoms with E-state index in [-0.39, 0.29) is 11.9 Å². The number of aryl methyl sites for hydroxylation is 1. The number of para-hydroxylation sites is 1. The van der Waals surface area contributed by atoms with Crippen LogP contribution in [0.15, 0.2) is 53.4 Å². The summed E-state index contributed by atoms with van der Waals surface area (Å²) in [6.07, 6.45) is 0. The molecule has 2 rings (SSSR count). The van der Waals surface area contributed by atoms with Crippen LogP contribution in [-0.4, -0.2) is 44.3 Å². The van der Waals surface area contributed by atoms with Gasteiger partial charge in [-0.25, -0.2) is 0 Å². The molecule has 134 valence electrons. The van der Waals surface area contributed by atoms with Crippen LogP contribution in [0, 0.1) is 6.92 Å². The van der Waals surface area contributed by atoms with E-state index in [0.29, 0.717) is 12.3 Å². The smallest absolute Gasteiger partial charge is 0.230 e. The van der Waals surface area contributed by atoms with E-state index < -0.39 is 0 Å². The summed E-state index contributed by atoms with van der Waals surface area (Å²) < 4.78 is 5.45. The third-order valence-electron chi connectivity index (χ3n) is 4.00. The maximum Gasteiger partial charge on any atom is 0.230 e. The second kappa shape index (κ2) is 9.49. The average Bonchev–Trinajstić information content (AvgIpc) is 2.61. The fourth-order valence-corrected chi connectivity index (χ4v) is 3.29. The second-order valence-corrected chi connectivity index (χ2v) is 7.18. The highest BCUT2D eigenvalue weighted by atomic mass is 32.2. The summed E-state index contributed by atoms with van der Waals surface area (Å²) in [7, 11) is 5.68. The molecule has 1 amide bonds. The van der Waals surface area contributed by atoms with Gasteiger partial charge in [-0.05, 0) is 39.2 Å². The molecule has 2 aromatic rings. The number of ether oxygens (including phenoxy) is 1. The summed E-state index contributed by atoms with van der Waals surface area (Å²) in [5.74, 6) is 1.28. The molecule has 25 heavy (non-hydrogen) atoms. The predicted molar refractivity (Wildman–Crippen MR) is 104 cm³/mol. The summed E-state index contributed by atoms with van der Waals surface area (Å²) in [6.45, 7) is 2.60. The highest BCUT2D eigenvalue weighted by molar-refractivity contribution is 8.00. The number of nitrogens with zero attached hydrogens (tertiary/aromatic N) is 1. The number of carbonyl (C=O) groups excluding carboxylic acids is 1. The Morgan fingerprint density at radius 2 is 1.84 bits per heavy atom. The standard InChI is InChI=1S/C20H26N2O2S/c1-15-9-11-16(12-10-15)25-14-20(23)21-13-18(22(2)3)17-7-5-6-8-19(17)24-4/h5-12,18H,13-14H2,1-4H3,(H,21,23). The van der Waals surface area contributed by atoms with Crippen molar-refractivity contribution >= 4 is 17.7 Å². The third kappa shape index (κ3) is 5.80. The number of carbonyl (C=O) groups is 1. The lowest BCUT2D eigenvalue weighted by atomic mass is 10.0. The molecule has 0 aliphatic carbocycles. The fourth-order valence-electron chi connectivity index (χ4n) is 2.56. The first kappa shape index (κ1) is 19.3. The van der Waals surface area contributed by atoms with E-state index >= 15 is 0 Å². The van der Waals surface area contributed by atoms with Gasteiger partial charge in [0.2, 0.25) is 5.91 Å². The molecule has 2 aromatic carbocycles. The van der Waals surface area contributed by atoms with E-state index in [2.05, 4.69) is 29.3 Å². The van der Waals surface area contributed by atoms with Crippen LogP contribution in [-0.2, 0) is 4.79 Å². The Morgan fingerprint density at radius 1 is 1.16 bits per heavy atom. The number of methoxy groups -OCH3 is 1. The number of rotatable bonds is 8. The Kier molecular flexibility index (Phi) is 7.34. The Bertz CT molecular complexity index is 686. The number of likely N-dealkylation sites (N-methyl/N-ethyl adjacent to an activating group) is 1. The van der Waals surface area contributed by atoms with Crippen molar-refractivity contribution in [3.8, 4) is 5.75 Å². The molecule has 0 heterocycles. The zero-order chi connectivity index (χ0) is 18.2. The highest BCUT2D eigenvalue weighted by Gasteiger charge is 2.18. The number of nitrogens with one attached hydrogen (secondary N) is 1. The van der Waals surface area contributed by atoms with Crippen molar-refractivity contribution in [2.24, 2.45) is 0 Å². The van der Waals surface area contributed by atoms with Gasteiger partial charge in [0, 0.05) is 17.0 Å². The molecule has 0 bridgehead atoms. The van der Waals surface area contributed by atoms with E-state index in [1.54, 1.807) is 18.9 Å². The summed E-state index contributed by atoms with van der Waals surface area (Å²) in [6, 6.07) is 16.2. The van der Waals surface area contributed by atoms with Crippen LogP contribution in [0.1, 0.15) is 17.2 Å². The Balaban J connectivity index is 1.92. The topological polar surface area (TPSA) is 41.6 Å². The van der Waals surface area contributed by atoms with Crippen molar-refractivity contribution in [3.05, 3.63) is 59.7 Å². The summed E-state index contributed by atoms with van der Waals surface area (Å²) >= 11 is 1.55. The first-order valence-electron chi connectivity index (χ1n) is 8.26. The van der Waals surface area contributed by atoms with Crippen LogP contribution in [0.4, 0.5) is 0 Å². The molecule has 0 saturated carbocycles. The molecule has 1 N–H and O–H groups in total. The van der Waals surface area contributed by atoms with Gasteiger partial charge >= 0.3 is 0 Å². The Labute approximate surface area is 154 Å². The third-order valence-corrected chi connectivity index (χ3v) is 5.02. The molecule has 0 fully saturated rings. The minimum atomic E-state index is 0.0346. The van der Waals surface area contributed by atoms with Gasteiger partial charge < -0.3 is 15.0 Å². The quantitative estimate of drug-likeness (QED) is 0.733. The molecule has 4 nitrogen and oxygen atoms in total. The zero-order valence-corrected chi connectivity index (χ0v) is 16.1. The summed E-state index contributed by atoms with van der Waals surface area (Å²) in [5, 5.41) is 3.04. The van der Waals surface area contributed by atoms with Crippen LogP contribution in [0.25, 0.3) is 0 Å². The van der Waals surface area contributed by atoms with Crippen molar-refractivity contribution in [3.63, 3.8) is 0 Å². The molecule has 0 saturated heterocycles. The van der Waals surface area contributed by atoms with Gasteiger partial charge in [0.25, 0.3) is 0 Å². The second-order valence-electron chi connectivity index (χ2n) is 6.13. The molecule has 0 radical (unpaired) electrons. The number of amides is 1. The van der Waals surface area contributed by atoms with Gasteiger partial charge in [-0.3, -0.25) is 4.79 Å². The Morgan fingerprint density at radius 3 is 2.48 bits per heavy atom. The molecular weight excluding hydrogens is 332 g/mol. The first-order valence-corrected chi connectivity index (χ1v) is 9.25. The van der Waals surface area contributed by atoms with E-state index in [9.17, 15) is 4.79 Å². The normalized spacial score (nSPS) is 12.0. The van der Waals surface area contributed by atoms with Crippen molar-refractivity contribution < 1.29 is 9.53 Å².